The molecule has 3 rings (SSSR count). The van der Waals surface area contributed by atoms with Crippen LogP contribution in [0, 0.1) is 6.92 Å². The Bertz CT molecular complexity index is 763. The predicted octanol–water partition coefficient (Wildman–Crippen LogP) is 1.77. The van der Waals surface area contributed by atoms with Crippen molar-refractivity contribution in [1.82, 2.24) is 29.4 Å². The molecule has 26 heavy (non-hydrogen) atoms. The van der Waals surface area contributed by atoms with E-state index in [-0.39, 0.29) is 11.6 Å². The molecule has 0 radical (unpaired) electrons. The molecule has 0 saturated carbocycles. The zero-order chi connectivity index (χ0) is 18.8. The Balaban J connectivity index is 1.57. The quantitative estimate of drug-likeness (QED) is 0.809. The number of carbonyl (C=O) groups is 1. The molecule has 1 fully saturated rings. The van der Waals surface area contributed by atoms with E-state index in [9.17, 15) is 13.6 Å². The molecule has 7 nitrogen and oxygen atoms in total. The Morgan fingerprint density at radius 3 is 2.50 bits per heavy atom. The van der Waals surface area contributed by atoms with Gasteiger partial charge in [0.1, 0.15) is 11.7 Å². The largest absolute Gasteiger partial charge is 0.338 e. The summed E-state index contributed by atoms with van der Waals surface area (Å²) in [6, 6.07) is 0.743. The molecule has 1 aliphatic heterocycles. The highest BCUT2D eigenvalue weighted by atomic mass is 19.3. The molecule has 142 valence electrons. The third-order valence-corrected chi connectivity index (χ3v) is 4.74. The number of aromatic nitrogens is 4. The van der Waals surface area contributed by atoms with Crippen molar-refractivity contribution in [3.05, 3.63) is 35.4 Å². The Labute approximate surface area is 151 Å². The van der Waals surface area contributed by atoms with Crippen LogP contribution in [0.4, 0.5) is 8.78 Å². The molecule has 1 saturated heterocycles. The summed E-state index contributed by atoms with van der Waals surface area (Å²) in [6.07, 6.45) is 1.20. The van der Waals surface area contributed by atoms with Gasteiger partial charge in [-0.2, -0.15) is 10.2 Å². The van der Waals surface area contributed by atoms with E-state index in [1.165, 1.54) is 10.7 Å². The smallest absolute Gasteiger partial charge is 0.282 e. The summed E-state index contributed by atoms with van der Waals surface area (Å²) in [5.41, 5.74) is 1.42. The number of piperazine rings is 1. The number of hydrogen-bond acceptors (Lipinski definition) is 4. The van der Waals surface area contributed by atoms with Gasteiger partial charge in [-0.3, -0.25) is 19.1 Å². The average molecular weight is 366 g/mol. The molecule has 3 heterocycles. The number of amides is 1. The van der Waals surface area contributed by atoms with Crippen LogP contribution >= 0.6 is 0 Å². The second kappa shape index (κ2) is 7.53. The van der Waals surface area contributed by atoms with Gasteiger partial charge in [0.25, 0.3) is 6.43 Å². The van der Waals surface area contributed by atoms with E-state index in [0.717, 1.165) is 25.2 Å². The molecule has 1 atom stereocenters. The summed E-state index contributed by atoms with van der Waals surface area (Å²) in [4.78, 5) is 16.8. The molecule has 2 aromatic heterocycles. The summed E-state index contributed by atoms with van der Waals surface area (Å²) in [6.45, 7) is 6.98. The SMILES string of the molecule is Cc1cc(C(F)F)nn1C(C)C(=O)N1CCN(Cc2cnn(C)c2)CC1. The maximum absolute atomic E-state index is 12.8. The lowest BCUT2D eigenvalue weighted by Gasteiger charge is -2.35. The van der Waals surface area contributed by atoms with Gasteiger partial charge in [0, 0.05) is 57.2 Å². The third kappa shape index (κ3) is 3.92. The highest BCUT2D eigenvalue weighted by Crippen LogP contribution is 2.21. The summed E-state index contributed by atoms with van der Waals surface area (Å²) >= 11 is 0. The first-order valence-corrected chi connectivity index (χ1v) is 8.68. The normalized spacial score (nSPS) is 17.1. The molecular formula is C17H24F2N6O. The van der Waals surface area contributed by atoms with Crippen molar-refractivity contribution in [3.63, 3.8) is 0 Å². The third-order valence-electron chi connectivity index (χ3n) is 4.74. The molecule has 0 aromatic carbocycles. The van der Waals surface area contributed by atoms with Crippen molar-refractivity contribution in [2.24, 2.45) is 7.05 Å². The molecule has 2 aromatic rings. The molecule has 0 spiro atoms. The summed E-state index contributed by atoms with van der Waals surface area (Å²) in [7, 11) is 1.89. The standard InChI is InChI=1S/C17H24F2N6O/c1-12-8-15(16(18)19)21-25(12)13(2)17(26)24-6-4-23(5-7-24)11-14-9-20-22(3)10-14/h8-10,13,16H,4-7,11H2,1-3H3. The topological polar surface area (TPSA) is 59.2 Å². The molecule has 0 N–H and O–H groups in total. The summed E-state index contributed by atoms with van der Waals surface area (Å²) in [5.74, 6) is -0.0851. The Kier molecular flexibility index (Phi) is 5.36. The fraction of sp³-hybridized carbons (Fsp3) is 0.588. The van der Waals surface area contributed by atoms with E-state index in [4.69, 9.17) is 0 Å². The van der Waals surface area contributed by atoms with Crippen LogP contribution in [-0.2, 0) is 18.4 Å². The van der Waals surface area contributed by atoms with Crippen molar-refractivity contribution >= 4 is 5.91 Å². The minimum atomic E-state index is -2.63. The van der Waals surface area contributed by atoms with Crippen LogP contribution in [0.25, 0.3) is 0 Å². The number of alkyl halides is 2. The molecule has 1 unspecified atom stereocenters. The van der Waals surface area contributed by atoms with E-state index in [1.54, 1.807) is 23.4 Å². The lowest BCUT2D eigenvalue weighted by atomic mass is 10.2. The van der Waals surface area contributed by atoms with Gasteiger partial charge in [-0.05, 0) is 19.9 Å². The Morgan fingerprint density at radius 1 is 1.27 bits per heavy atom. The van der Waals surface area contributed by atoms with Crippen LogP contribution in [0.1, 0.15) is 36.3 Å². The number of rotatable bonds is 5. The van der Waals surface area contributed by atoms with E-state index in [2.05, 4.69) is 15.1 Å². The second-order valence-corrected chi connectivity index (χ2v) is 6.76. The van der Waals surface area contributed by atoms with Crippen LogP contribution < -0.4 is 0 Å². The first-order chi connectivity index (χ1) is 12.3. The second-order valence-electron chi connectivity index (χ2n) is 6.76. The molecule has 0 bridgehead atoms. The van der Waals surface area contributed by atoms with E-state index in [0.29, 0.717) is 18.8 Å². The van der Waals surface area contributed by atoms with Crippen LogP contribution in [0.2, 0.25) is 0 Å². The predicted molar refractivity (Wildman–Crippen MR) is 91.7 cm³/mol. The first-order valence-electron chi connectivity index (χ1n) is 8.68. The number of carbonyl (C=O) groups excluding carboxylic acids is 1. The highest BCUT2D eigenvalue weighted by Gasteiger charge is 2.28. The Hall–Kier alpha value is -2.29. The fourth-order valence-electron chi connectivity index (χ4n) is 3.32. The number of nitrogens with zero attached hydrogens (tertiary/aromatic N) is 6. The zero-order valence-corrected chi connectivity index (χ0v) is 15.3. The molecule has 1 aliphatic rings. The number of aryl methyl sites for hydroxylation is 2. The van der Waals surface area contributed by atoms with Gasteiger partial charge in [-0.1, -0.05) is 0 Å². The van der Waals surface area contributed by atoms with E-state index < -0.39 is 12.5 Å². The maximum atomic E-state index is 12.8. The van der Waals surface area contributed by atoms with E-state index >= 15 is 0 Å². The minimum Gasteiger partial charge on any atom is -0.338 e. The van der Waals surface area contributed by atoms with Gasteiger partial charge in [-0.15, -0.1) is 0 Å². The summed E-state index contributed by atoms with van der Waals surface area (Å²) in [5, 5.41) is 8.06. The van der Waals surface area contributed by atoms with Crippen LogP contribution in [0.5, 0.6) is 0 Å². The van der Waals surface area contributed by atoms with E-state index in [1.807, 2.05) is 19.4 Å². The van der Waals surface area contributed by atoms with Crippen LogP contribution in [0.3, 0.4) is 0 Å². The van der Waals surface area contributed by atoms with Crippen molar-refractivity contribution in [1.29, 1.82) is 0 Å². The molecule has 9 heteroatoms. The number of hydrogen-bond donors (Lipinski definition) is 0. The molecular weight excluding hydrogens is 342 g/mol. The number of halogens is 2. The maximum Gasteiger partial charge on any atom is 0.282 e. The van der Waals surface area contributed by atoms with Crippen molar-refractivity contribution in [3.8, 4) is 0 Å². The summed E-state index contributed by atoms with van der Waals surface area (Å²) < 4.78 is 28.8. The average Bonchev–Trinajstić information content (AvgIpc) is 3.20. The zero-order valence-electron chi connectivity index (χ0n) is 15.3. The fourth-order valence-corrected chi connectivity index (χ4v) is 3.32. The lowest BCUT2D eigenvalue weighted by Crippen LogP contribution is -2.50. The van der Waals surface area contributed by atoms with Gasteiger partial charge in [0.15, 0.2) is 0 Å². The van der Waals surface area contributed by atoms with Crippen molar-refractivity contribution < 1.29 is 13.6 Å². The highest BCUT2D eigenvalue weighted by molar-refractivity contribution is 5.80. The van der Waals surface area contributed by atoms with Gasteiger partial charge in [0.05, 0.1) is 6.20 Å². The van der Waals surface area contributed by atoms with Gasteiger partial charge in [0.2, 0.25) is 5.91 Å². The van der Waals surface area contributed by atoms with Crippen LogP contribution in [-0.4, -0.2) is 61.4 Å². The monoisotopic (exact) mass is 366 g/mol. The van der Waals surface area contributed by atoms with Gasteiger partial charge < -0.3 is 4.90 Å². The minimum absolute atomic E-state index is 0.0851. The van der Waals surface area contributed by atoms with Gasteiger partial charge >= 0.3 is 0 Å². The first kappa shape index (κ1) is 18.5. The van der Waals surface area contributed by atoms with Gasteiger partial charge in [-0.25, -0.2) is 8.78 Å². The van der Waals surface area contributed by atoms with Crippen molar-refractivity contribution in [2.75, 3.05) is 26.2 Å². The van der Waals surface area contributed by atoms with Crippen molar-refractivity contribution in [2.45, 2.75) is 32.9 Å². The molecule has 1 amide bonds. The Morgan fingerprint density at radius 2 is 1.96 bits per heavy atom. The molecule has 0 aliphatic carbocycles. The lowest BCUT2D eigenvalue weighted by molar-refractivity contribution is -0.136. The van der Waals surface area contributed by atoms with Crippen LogP contribution in [0.15, 0.2) is 18.5 Å².